The molecule has 3 nitrogen and oxygen atoms in total. The summed E-state index contributed by atoms with van der Waals surface area (Å²) in [6, 6.07) is 0. The summed E-state index contributed by atoms with van der Waals surface area (Å²) in [6.07, 6.45) is 2.81. The first-order chi connectivity index (χ1) is 5.66. The zero-order chi connectivity index (χ0) is 9.14. The number of unbranched alkanes of at least 4 members (excludes halogenated alkanes) is 1. The summed E-state index contributed by atoms with van der Waals surface area (Å²) in [5.74, 6) is -1.11. The van der Waals surface area contributed by atoms with Crippen LogP contribution in [-0.4, -0.2) is 11.9 Å². The molecule has 0 aromatic rings. The van der Waals surface area contributed by atoms with Crippen molar-refractivity contribution in [3.8, 4) is 0 Å². The molecule has 0 saturated carbocycles. The maximum atomic E-state index is 11.1. The van der Waals surface area contributed by atoms with Gasteiger partial charge in [-0.2, -0.15) is 0 Å². The predicted molar refractivity (Wildman–Crippen MR) is 43.3 cm³/mol. The second-order valence-corrected chi connectivity index (χ2v) is 3.28. The van der Waals surface area contributed by atoms with Crippen molar-refractivity contribution in [2.75, 3.05) is 0 Å². The minimum absolute atomic E-state index is 0.183. The fourth-order valence-corrected chi connectivity index (χ4v) is 1.43. The van der Waals surface area contributed by atoms with Gasteiger partial charge in [0.25, 0.3) is 0 Å². The molecule has 0 N–H and O–H groups in total. The second kappa shape index (κ2) is 3.70. The SMILES string of the molecule is CCCC[C@H]1C(=O)OC(=O)C1C. The van der Waals surface area contributed by atoms with E-state index in [4.69, 9.17) is 0 Å². The predicted octanol–water partition coefficient (Wildman–Crippen LogP) is 1.51. The standard InChI is InChI=1S/C9H14O3/c1-3-4-5-7-6(2)8(10)12-9(7)11/h6-7H,3-5H2,1-2H3/t6?,7-/m1/s1. The maximum Gasteiger partial charge on any atom is 0.317 e. The lowest BCUT2D eigenvalue weighted by atomic mass is 9.92. The van der Waals surface area contributed by atoms with Gasteiger partial charge in [0, 0.05) is 0 Å². The number of cyclic esters (lactones) is 2. The quantitative estimate of drug-likeness (QED) is 0.476. The van der Waals surface area contributed by atoms with Crippen molar-refractivity contribution in [3.63, 3.8) is 0 Å². The van der Waals surface area contributed by atoms with Crippen LogP contribution in [0.1, 0.15) is 33.1 Å². The van der Waals surface area contributed by atoms with E-state index >= 15 is 0 Å². The van der Waals surface area contributed by atoms with Crippen LogP contribution in [0.3, 0.4) is 0 Å². The highest BCUT2D eigenvalue weighted by Gasteiger charge is 2.40. The molecule has 0 radical (unpaired) electrons. The molecule has 1 fully saturated rings. The number of esters is 2. The van der Waals surface area contributed by atoms with Gasteiger partial charge >= 0.3 is 11.9 Å². The lowest BCUT2D eigenvalue weighted by Crippen LogP contribution is -2.14. The highest BCUT2D eigenvalue weighted by atomic mass is 16.6. The molecule has 1 saturated heterocycles. The molecule has 1 unspecified atom stereocenters. The van der Waals surface area contributed by atoms with E-state index in [9.17, 15) is 9.59 Å². The van der Waals surface area contributed by atoms with Crippen molar-refractivity contribution < 1.29 is 14.3 Å². The average molecular weight is 170 g/mol. The second-order valence-electron chi connectivity index (χ2n) is 3.28. The summed E-state index contributed by atoms with van der Waals surface area (Å²) >= 11 is 0. The highest BCUT2D eigenvalue weighted by molar-refractivity contribution is 5.96. The van der Waals surface area contributed by atoms with Gasteiger partial charge in [0.2, 0.25) is 0 Å². The van der Waals surface area contributed by atoms with E-state index in [1.807, 2.05) is 0 Å². The van der Waals surface area contributed by atoms with Crippen molar-refractivity contribution >= 4 is 11.9 Å². The molecule has 0 amide bonds. The Bertz CT molecular complexity index is 198. The molecule has 0 aromatic carbocycles. The van der Waals surface area contributed by atoms with Crippen LogP contribution in [0.5, 0.6) is 0 Å². The van der Waals surface area contributed by atoms with Gasteiger partial charge < -0.3 is 4.74 Å². The van der Waals surface area contributed by atoms with E-state index in [1.54, 1.807) is 6.92 Å². The van der Waals surface area contributed by atoms with Gasteiger partial charge in [-0.15, -0.1) is 0 Å². The Hall–Kier alpha value is -0.860. The first-order valence-corrected chi connectivity index (χ1v) is 4.42. The number of hydrogen-bond donors (Lipinski definition) is 0. The molecule has 2 atom stereocenters. The fraction of sp³-hybridized carbons (Fsp3) is 0.778. The molecule has 0 spiro atoms. The van der Waals surface area contributed by atoms with Crippen LogP contribution in [0.4, 0.5) is 0 Å². The Morgan fingerprint density at radius 3 is 2.42 bits per heavy atom. The lowest BCUT2D eigenvalue weighted by Gasteiger charge is -2.06. The summed E-state index contributed by atoms with van der Waals surface area (Å²) in [4.78, 5) is 22.0. The van der Waals surface area contributed by atoms with Crippen molar-refractivity contribution in [3.05, 3.63) is 0 Å². The van der Waals surface area contributed by atoms with E-state index in [-0.39, 0.29) is 23.8 Å². The number of rotatable bonds is 3. The zero-order valence-corrected chi connectivity index (χ0v) is 7.50. The fourth-order valence-electron chi connectivity index (χ4n) is 1.43. The van der Waals surface area contributed by atoms with Gasteiger partial charge in [0.1, 0.15) is 0 Å². The largest absolute Gasteiger partial charge is 0.393 e. The van der Waals surface area contributed by atoms with Gasteiger partial charge in [-0.25, -0.2) is 0 Å². The minimum Gasteiger partial charge on any atom is -0.393 e. The summed E-state index contributed by atoms with van der Waals surface area (Å²) in [6.45, 7) is 3.82. The molecule has 68 valence electrons. The summed E-state index contributed by atoms with van der Waals surface area (Å²) in [5, 5.41) is 0. The van der Waals surface area contributed by atoms with Crippen LogP contribution in [0, 0.1) is 11.8 Å². The number of hydrogen-bond acceptors (Lipinski definition) is 3. The Kier molecular flexibility index (Phi) is 2.84. The Morgan fingerprint density at radius 1 is 1.33 bits per heavy atom. The number of ether oxygens (including phenoxy) is 1. The molecule has 1 aliphatic rings. The van der Waals surface area contributed by atoms with Crippen molar-refractivity contribution in [1.29, 1.82) is 0 Å². The first-order valence-electron chi connectivity index (χ1n) is 4.42. The van der Waals surface area contributed by atoms with E-state index in [0.717, 1.165) is 19.3 Å². The molecule has 0 bridgehead atoms. The van der Waals surface area contributed by atoms with Crippen LogP contribution in [0.25, 0.3) is 0 Å². The Balaban J connectivity index is 2.51. The molecule has 1 rings (SSSR count). The third kappa shape index (κ3) is 1.65. The number of carbonyl (C=O) groups is 2. The van der Waals surface area contributed by atoms with E-state index in [0.29, 0.717) is 0 Å². The van der Waals surface area contributed by atoms with Crippen molar-refractivity contribution in [1.82, 2.24) is 0 Å². The van der Waals surface area contributed by atoms with Crippen LogP contribution in [0.15, 0.2) is 0 Å². The van der Waals surface area contributed by atoms with Crippen LogP contribution in [0.2, 0.25) is 0 Å². The normalized spacial score (nSPS) is 29.2. The molecule has 0 aliphatic carbocycles. The number of carbonyl (C=O) groups excluding carboxylic acids is 2. The minimum atomic E-state index is -0.360. The van der Waals surface area contributed by atoms with Gasteiger partial charge in [-0.05, 0) is 6.42 Å². The molecule has 1 aliphatic heterocycles. The lowest BCUT2D eigenvalue weighted by molar-refractivity contribution is -0.153. The van der Waals surface area contributed by atoms with E-state index in [1.165, 1.54) is 0 Å². The Labute approximate surface area is 72.1 Å². The van der Waals surface area contributed by atoms with E-state index in [2.05, 4.69) is 11.7 Å². The Morgan fingerprint density at radius 2 is 2.00 bits per heavy atom. The smallest absolute Gasteiger partial charge is 0.317 e. The average Bonchev–Trinajstić information content (AvgIpc) is 2.25. The van der Waals surface area contributed by atoms with Crippen molar-refractivity contribution in [2.45, 2.75) is 33.1 Å². The summed E-state index contributed by atoms with van der Waals surface area (Å²) in [7, 11) is 0. The summed E-state index contributed by atoms with van der Waals surface area (Å²) < 4.78 is 4.51. The zero-order valence-electron chi connectivity index (χ0n) is 7.50. The van der Waals surface area contributed by atoms with Crippen LogP contribution >= 0.6 is 0 Å². The first kappa shape index (κ1) is 9.23. The van der Waals surface area contributed by atoms with Gasteiger partial charge in [0.15, 0.2) is 0 Å². The topological polar surface area (TPSA) is 43.4 Å². The molecule has 3 heteroatoms. The van der Waals surface area contributed by atoms with Gasteiger partial charge in [-0.3, -0.25) is 9.59 Å². The van der Waals surface area contributed by atoms with Crippen LogP contribution < -0.4 is 0 Å². The molecular formula is C9H14O3. The van der Waals surface area contributed by atoms with E-state index < -0.39 is 0 Å². The molecular weight excluding hydrogens is 156 g/mol. The summed E-state index contributed by atoms with van der Waals surface area (Å²) in [5.41, 5.74) is 0. The third-order valence-corrected chi connectivity index (χ3v) is 2.35. The van der Waals surface area contributed by atoms with Gasteiger partial charge in [-0.1, -0.05) is 26.7 Å². The van der Waals surface area contributed by atoms with Crippen LogP contribution in [-0.2, 0) is 14.3 Å². The monoisotopic (exact) mass is 170 g/mol. The molecule has 12 heavy (non-hydrogen) atoms. The third-order valence-electron chi connectivity index (χ3n) is 2.35. The molecule has 1 heterocycles. The highest BCUT2D eigenvalue weighted by Crippen LogP contribution is 2.27. The molecule has 0 aromatic heterocycles. The maximum absolute atomic E-state index is 11.1. The van der Waals surface area contributed by atoms with Gasteiger partial charge in [0.05, 0.1) is 11.8 Å². The van der Waals surface area contributed by atoms with Crippen molar-refractivity contribution in [2.24, 2.45) is 11.8 Å².